The number of amides is 2. The second-order valence-electron chi connectivity index (χ2n) is 6.77. The maximum absolute atomic E-state index is 12.4. The Bertz CT molecular complexity index is 820. The first-order valence-electron chi connectivity index (χ1n) is 7.68. The van der Waals surface area contributed by atoms with E-state index in [9.17, 15) is 14.4 Å². The Balaban J connectivity index is 2.11. The number of carbonyl (C=O) groups is 2. The largest absolute Gasteiger partial charge is 0.350 e. The molecule has 24 heavy (non-hydrogen) atoms. The summed E-state index contributed by atoms with van der Waals surface area (Å²) in [5.74, 6) is -0.471. The molecule has 2 rings (SSSR count). The predicted molar refractivity (Wildman–Crippen MR) is 91.6 cm³/mol. The molecule has 2 amide bonds. The predicted octanol–water partition coefficient (Wildman–Crippen LogP) is 0.839. The third kappa shape index (κ3) is 4.41. The van der Waals surface area contributed by atoms with Crippen LogP contribution in [0.15, 0.2) is 29.1 Å². The van der Waals surface area contributed by atoms with Crippen LogP contribution in [0.3, 0.4) is 0 Å². The highest BCUT2D eigenvalue weighted by Crippen LogP contribution is 2.13. The second-order valence-corrected chi connectivity index (χ2v) is 6.77. The van der Waals surface area contributed by atoms with Crippen molar-refractivity contribution in [1.82, 2.24) is 20.4 Å². The molecule has 0 bridgehead atoms. The summed E-state index contributed by atoms with van der Waals surface area (Å²) < 4.78 is 0. The Hall–Kier alpha value is -2.70. The van der Waals surface area contributed by atoms with E-state index in [1.807, 2.05) is 20.8 Å². The summed E-state index contributed by atoms with van der Waals surface area (Å²) in [6.07, 6.45) is 0.0105. The Kier molecular flexibility index (Phi) is 5.02. The van der Waals surface area contributed by atoms with Crippen LogP contribution in [0.4, 0.5) is 0 Å². The van der Waals surface area contributed by atoms with E-state index in [1.54, 1.807) is 31.3 Å². The Morgan fingerprint density at radius 1 is 1.21 bits per heavy atom. The van der Waals surface area contributed by atoms with Gasteiger partial charge in [-0.15, -0.1) is 0 Å². The van der Waals surface area contributed by atoms with E-state index in [0.717, 1.165) is 0 Å². The van der Waals surface area contributed by atoms with Crippen LogP contribution in [-0.4, -0.2) is 46.0 Å². The number of aromatic amines is 1. The molecule has 1 heterocycles. The SMILES string of the molecule is CN(CC(=O)NC(C)(C)C)C(=O)Cc1n[nH]c(=O)c2ccccc12. The summed E-state index contributed by atoms with van der Waals surface area (Å²) in [5.41, 5.74) is -0.157. The van der Waals surface area contributed by atoms with Crippen molar-refractivity contribution in [2.45, 2.75) is 32.7 Å². The molecule has 1 aromatic carbocycles. The summed E-state index contributed by atoms with van der Waals surface area (Å²) in [5, 5.41) is 10.3. The van der Waals surface area contributed by atoms with Gasteiger partial charge in [-0.05, 0) is 26.8 Å². The molecule has 0 unspecified atom stereocenters. The molecule has 0 saturated heterocycles. The van der Waals surface area contributed by atoms with Crippen molar-refractivity contribution in [3.05, 3.63) is 40.3 Å². The van der Waals surface area contributed by atoms with Crippen molar-refractivity contribution < 1.29 is 9.59 Å². The van der Waals surface area contributed by atoms with Crippen molar-refractivity contribution in [1.29, 1.82) is 0 Å². The maximum atomic E-state index is 12.4. The molecule has 0 aliphatic rings. The lowest BCUT2D eigenvalue weighted by atomic mass is 10.1. The molecule has 0 atom stereocenters. The van der Waals surface area contributed by atoms with E-state index < -0.39 is 0 Å². The van der Waals surface area contributed by atoms with Crippen LogP contribution in [0.1, 0.15) is 26.5 Å². The third-order valence-electron chi connectivity index (χ3n) is 3.41. The van der Waals surface area contributed by atoms with Gasteiger partial charge in [-0.3, -0.25) is 14.4 Å². The Morgan fingerprint density at radius 3 is 2.46 bits per heavy atom. The normalized spacial score (nSPS) is 11.3. The topological polar surface area (TPSA) is 95.2 Å². The number of fused-ring (bicyclic) bond motifs is 1. The molecule has 0 fully saturated rings. The molecule has 128 valence electrons. The standard InChI is InChI=1S/C17H22N4O3/c1-17(2,3)18-14(22)10-21(4)15(23)9-13-11-7-5-6-8-12(11)16(24)20-19-13/h5-8H,9-10H2,1-4H3,(H,18,22)(H,20,24). The van der Waals surface area contributed by atoms with Crippen LogP contribution in [0.2, 0.25) is 0 Å². The van der Waals surface area contributed by atoms with E-state index in [1.165, 1.54) is 4.90 Å². The van der Waals surface area contributed by atoms with Crippen molar-refractivity contribution in [3.8, 4) is 0 Å². The van der Waals surface area contributed by atoms with Crippen molar-refractivity contribution in [2.75, 3.05) is 13.6 Å². The molecule has 7 nitrogen and oxygen atoms in total. The molecule has 7 heteroatoms. The van der Waals surface area contributed by atoms with Gasteiger partial charge in [0.05, 0.1) is 24.0 Å². The van der Waals surface area contributed by atoms with E-state index in [-0.39, 0.29) is 35.9 Å². The molecule has 0 saturated carbocycles. The minimum absolute atomic E-state index is 0.0105. The molecular formula is C17H22N4O3. The first-order chi connectivity index (χ1) is 11.2. The van der Waals surface area contributed by atoms with Crippen LogP contribution < -0.4 is 10.9 Å². The van der Waals surface area contributed by atoms with Crippen LogP contribution in [0.5, 0.6) is 0 Å². The highest BCUT2D eigenvalue weighted by atomic mass is 16.2. The summed E-state index contributed by atoms with van der Waals surface area (Å²) in [4.78, 5) is 37.4. The van der Waals surface area contributed by atoms with Gasteiger partial charge >= 0.3 is 0 Å². The second kappa shape index (κ2) is 6.82. The number of benzene rings is 1. The lowest BCUT2D eigenvalue weighted by Crippen LogP contribution is -2.46. The zero-order valence-corrected chi connectivity index (χ0v) is 14.3. The zero-order chi connectivity index (χ0) is 17.9. The number of rotatable bonds is 4. The molecule has 0 aliphatic heterocycles. The molecule has 2 aromatic rings. The van der Waals surface area contributed by atoms with Gasteiger partial charge in [0.2, 0.25) is 11.8 Å². The smallest absolute Gasteiger partial charge is 0.272 e. The highest BCUT2D eigenvalue weighted by molar-refractivity contribution is 5.90. The number of carbonyl (C=O) groups excluding carboxylic acids is 2. The number of nitrogens with one attached hydrogen (secondary N) is 2. The van der Waals surface area contributed by atoms with Gasteiger partial charge < -0.3 is 10.2 Å². The number of hydrogen-bond acceptors (Lipinski definition) is 4. The Labute approximate surface area is 140 Å². The molecule has 0 spiro atoms. The van der Waals surface area contributed by atoms with Crippen LogP contribution in [0, 0.1) is 0 Å². The monoisotopic (exact) mass is 330 g/mol. The van der Waals surface area contributed by atoms with Crippen LogP contribution in [0.25, 0.3) is 10.8 Å². The number of aromatic nitrogens is 2. The highest BCUT2D eigenvalue weighted by Gasteiger charge is 2.19. The number of nitrogens with zero attached hydrogens (tertiary/aromatic N) is 2. The van der Waals surface area contributed by atoms with Gasteiger partial charge in [0.1, 0.15) is 0 Å². The molecule has 2 N–H and O–H groups in total. The summed E-state index contributed by atoms with van der Waals surface area (Å²) in [6, 6.07) is 6.99. The fraction of sp³-hybridized carbons (Fsp3) is 0.412. The van der Waals surface area contributed by atoms with Crippen molar-refractivity contribution >= 4 is 22.6 Å². The third-order valence-corrected chi connectivity index (χ3v) is 3.41. The van der Waals surface area contributed by atoms with E-state index in [0.29, 0.717) is 16.5 Å². The van der Waals surface area contributed by atoms with Gasteiger partial charge in [-0.25, -0.2) is 5.10 Å². The van der Waals surface area contributed by atoms with Crippen molar-refractivity contribution in [2.24, 2.45) is 0 Å². The summed E-state index contributed by atoms with van der Waals surface area (Å²) >= 11 is 0. The van der Waals surface area contributed by atoms with E-state index in [2.05, 4.69) is 15.5 Å². The number of H-pyrrole nitrogens is 1. The van der Waals surface area contributed by atoms with E-state index >= 15 is 0 Å². The average Bonchev–Trinajstić information content (AvgIpc) is 2.48. The van der Waals surface area contributed by atoms with Gasteiger partial charge in [-0.1, -0.05) is 18.2 Å². The summed E-state index contributed by atoms with van der Waals surface area (Å²) in [6.45, 7) is 5.60. The molecule has 0 aliphatic carbocycles. The molecule has 1 aromatic heterocycles. The van der Waals surface area contributed by atoms with Gasteiger partial charge in [-0.2, -0.15) is 5.10 Å². The first-order valence-corrected chi connectivity index (χ1v) is 7.68. The lowest BCUT2D eigenvalue weighted by Gasteiger charge is -2.23. The lowest BCUT2D eigenvalue weighted by molar-refractivity contribution is -0.134. The minimum atomic E-state index is -0.350. The van der Waals surface area contributed by atoms with Gasteiger partial charge in [0, 0.05) is 18.0 Å². The van der Waals surface area contributed by atoms with Crippen LogP contribution in [-0.2, 0) is 16.0 Å². The van der Waals surface area contributed by atoms with Gasteiger partial charge in [0.25, 0.3) is 5.56 Å². The number of hydrogen-bond donors (Lipinski definition) is 2. The van der Waals surface area contributed by atoms with Crippen LogP contribution >= 0.6 is 0 Å². The Morgan fingerprint density at radius 2 is 1.83 bits per heavy atom. The van der Waals surface area contributed by atoms with Crippen molar-refractivity contribution in [3.63, 3.8) is 0 Å². The fourth-order valence-electron chi connectivity index (χ4n) is 2.35. The first kappa shape index (κ1) is 17.7. The van der Waals surface area contributed by atoms with E-state index in [4.69, 9.17) is 0 Å². The molecular weight excluding hydrogens is 308 g/mol. The average molecular weight is 330 g/mol. The summed E-state index contributed by atoms with van der Waals surface area (Å²) in [7, 11) is 1.57. The molecule has 0 radical (unpaired) electrons. The number of likely N-dealkylation sites (N-methyl/N-ethyl adjacent to an activating group) is 1. The minimum Gasteiger partial charge on any atom is -0.350 e. The zero-order valence-electron chi connectivity index (χ0n) is 14.3. The maximum Gasteiger partial charge on any atom is 0.272 e. The van der Waals surface area contributed by atoms with Gasteiger partial charge in [0.15, 0.2) is 0 Å². The quantitative estimate of drug-likeness (QED) is 0.868. The fourth-order valence-corrected chi connectivity index (χ4v) is 2.35.